The maximum Gasteiger partial charge on any atom is 0.0270 e. The zero-order valence-electron chi connectivity index (χ0n) is 9.95. The third kappa shape index (κ3) is 4.10. The maximum absolute atomic E-state index is 8.15. The van der Waals surface area contributed by atoms with E-state index in [1.807, 2.05) is 0 Å². The van der Waals surface area contributed by atoms with Crippen LogP contribution in [0, 0.1) is 5.41 Å². The fourth-order valence-corrected chi connectivity index (χ4v) is 2.08. The van der Waals surface area contributed by atoms with Gasteiger partial charge in [-0.3, -0.25) is 0 Å². The molecule has 0 atom stereocenters. The zero-order chi connectivity index (χ0) is 11.1. The minimum absolute atomic E-state index is 0.571. The molecule has 15 heavy (non-hydrogen) atoms. The van der Waals surface area contributed by atoms with Crippen LogP contribution < -0.4 is 0 Å². The molecule has 1 aliphatic rings. The predicted octanol–water partition coefficient (Wildman–Crippen LogP) is 3.20. The number of rotatable bonds is 5. The van der Waals surface area contributed by atoms with Crippen molar-refractivity contribution in [2.75, 3.05) is 26.2 Å². The molecule has 0 unspecified atom stereocenters. The highest BCUT2D eigenvalue weighted by molar-refractivity contribution is 4.81. The Morgan fingerprint density at radius 2 is 2.07 bits per heavy atom. The molecule has 0 saturated carbocycles. The Hall–Kier alpha value is -0.730. The van der Waals surface area contributed by atoms with Crippen molar-refractivity contribution in [3.05, 3.63) is 10.4 Å². The van der Waals surface area contributed by atoms with Crippen LogP contribution in [0.4, 0.5) is 0 Å². The van der Waals surface area contributed by atoms with Crippen molar-refractivity contribution in [1.29, 1.82) is 0 Å². The first kappa shape index (κ1) is 12.3. The molecule has 4 nitrogen and oxygen atoms in total. The zero-order valence-corrected chi connectivity index (χ0v) is 9.95. The summed E-state index contributed by atoms with van der Waals surface area (Å²) >= 11 is 0. The van der Waals surface area contributed by atoms with Gasteiger partial charge < -0.3 is 4.90 Å². The minimum atomic E-state index is 0.571. The topological polar surface area (TPSA) is 52.0 Å². The third-order valence-electron chi connectivity index (χ3n) is 3.71. The molecule has 1 saturated heterocycles. The number of hydrogen-bond acceptors (Lipinski definition) is 2. The minimum Gasteiger partial charge on any atom is -0.303 e. The molecular formula is C11H22N4. The van der Waals surface area contributed by atoms with Gasteiger partial charge in [-0.1, -0.05) is 25.4 Å². The Morgan fingerprint density at radius 1 is 1.40 bits per heavy atom. The fourth-order valence-electron chi connectivity index (χ4n) is 2.08. The van der Waals surface area contributed by atoms with Crippen LogP contribution in [0.15, 0.2) is 5.11 Å². The molecule has 0 aromatic rings. The Balaban J connectivity index is 2.17. The van der Waals surface area contributed by atoms with Crippen LogP contribution in [0.2, 0.25) is 0 Å². The Kier molecular flexibility index (Phi) is 4.92. The van der Waals surface area contributed by atoms with Crippen molar-refractivity contribution in [2.24, 2.45) is 10.5 Å². The highest BCUT2D eigenvalue weighted by Gasteiger charge is 2.27. The van der Waals surface area contributed by atoms with E-state index in [2.05, 4.69) is 28.8 Å². The smallest absolute Gasteiger partial charge is 0.0270 e. The summed E-state index contributed by atoms with van der Waals surface area (Å²) in [6.07, 6.45) is 4.91. The van der Waals surface area contributed by atoms with E-state index in [9.17, 15) is 0 Å². The number of nitrogens with zero attached hydrogens (tertiary/aromatic N) is 4. The Labute approximate surface area is 92.3 Å². The van der Waals surface area contributed by atoms with E-state index in [1.54, 1.807) is 0 Å². The van der Waals surface area contributed by atoms with Gasteiger partial charge in [-0.15, -0.1) is 0 Å². The molecule has 1 aliphatic heterocycles. The van der Waals surface area contributed by atoms with E-state index in [0.29, 0.717) is 12.0 Å². The van der Waals surface area contributed by atoms with Crippen LogP contribution in [0.5, 0.6) is 0 Å². The van der Waals surface area contributed by atoms with E-state index < -0.39 is 0 Å². The van der Waals surface area contributed by atoms with E-state index in [4.69, 9.17) is 5.53 Å². The molecule has 0 N–H and O–H groups in total. The summed E-state index contributed by atoms with van der Waals surface area (Å²) < 4.78 is 0. The summed E-state index contributed by atoms with van der Waals surface area (Å²) in [5.74, 6) is 0. The largest absolute Gasteiger partial charge is 0.303 e. The Bertz CT molecular complexity index is 225. The molecule has 1 fully saturated rings. The monoisotopic (exact) mass is 210 g/mol. The first-order valence-corrected chi connectivity index (χ1v) is 5.93. The van der Waals surface area contributed by atoms with E-state index >= 15 is 0 Å². The van der Waals surface area contributed by atoms with Crippen LogP contribution in [0.1, 0.15) is 39.5 Å². The summed E-state index contributed by atoms with van der Waals surface area (Å²) in [6.45, 7) is 8.82. The summed E-state index contributed by atoms with van der Waals surface area (Å²) in [5, 5.41) is 3.55. The van der Waals surface area contributed by atoms with Gasteiger partial charge in [0.1, 0.15) is 0 Å². The van der Waals surface area contributed by atoms with Crippen LogP contribution in [-0.2, 0) is 0 Å². The molecule has 0 aromatic carbocycles. The van der Waals surface area contributed by atoms with Gasteiger partial charge in [0.2, 0.25) is 0 Å². The van der Waals surface area contributed by atoms with Gasteiger partial charge in [-0.25, -0.2) is 0 Å². The molecule has 0 spiro atoms. The van der Waals surface area contributed by atoms with Gasteiger partial charge in [0.15, 0.2) is 0 Å². The molecule has 0 aromatic heterocycles. The van der Waals surface area contributed by atoms with Gasteiger partial charge in [0.05, 0.1) is 0 Å². The molecule has 0 bridgehead atoms. The lowest BCUT2D eigenvalue weighted by Gasteiger charge is -2.38. The third-order valence-corrected chi connectivity index (χ3v) is 3.71. The van der Waals surface area contributed by atoms with Crippen LogP contribution >= 0.6 is 0 Å². The quantitative estimate of drug-likeness (QED) is 0.297. The molecule has 4 heteroatoms. The average molecular weight is 210 g/mol. The van der Waals surface area contributed by atoms with Crippen molar-refractivity contribution in [3.8, 4) is 0 Å². The van der Waals surface area contributed by atoms with E-state index in [1.165, 1.54) is 32.4 Å². The molecule has 0 aliphatic carbocycles. The first-order valence-electron chi connectivity index (χ1n) is 5.93. The number of hydrogen-bond donors (Lipinski definition) is 0. The van der Waals surface area contributed by atoms with Crippen LogP contribution in [-0.4, -0.2) is 31.1 Å². The number of piperidine rings is 1. The number of likely N-dealkylation sites (tertiary alicyclic amines) is 1. The molecule has 1 heterocycles. The molecule has 0 amide bonds. The summed E-state index contributed by atoms with van der Waals surface area (Å²) in [5.41, 5.74) is 8.72. The average Bonchev–Trinajstić information content (AvgIpc) is 2.27. The summed E-state index contributed by atoms with van der Waals surface area (Å²) in [7, 11) is 0. The van der Waals surface area contributed by atoms with Gasteiger partial charge in [-0.05, 0) is 49.8 Å². The SMILES string of the molecule is CCC1(C)CCN(CCCN=[N+]=[N-])CC1. The summed E-state index contributed by atoms with van der Waals surface area (Å²) in [6, 6.07) is 0. The maximum atomic E-state index is 8.15. The highest BCUT2D eigenvalue weighted by atomic mass is 15.1. The predicted molar refractivity (Wildman–Crippen MR) is 62.7 cm³/mol. The standard InChI is InChI=1S/C11H22N4/c1-3-11(2)5-9-15(10-6-11)8-4-7-13-14-12/h3-10H2,1-2H3. The lowest BCUT2D eigenvalue weighted by molar-refractivity contribution is 0.114. The normalized spacial score (nSPS) is 20.9. The second-order valence-corrected chi connectivity index (χ2v) is 4.81. The second-order valence-electron chi connectivity index (χ2n) is 4.81. The van der Waals surface area contributed by atoms with Gasteiger partial charge in [-0.2, -0.15) is 0 Å². The number of azide groups is 1. The summed E-state index contributed by atoms with van der Waals surface area (Å²) in [4.78, 5) is 5.25. The van der Waals surface area contributed by atoms with Crippen molar-refractivity contribution < 1.29 is 0 Å². The van der Waals surface area contributed by atoms with Gasteiger partial charge in [0.25, 0.3) is 0 Å². The van der Waals surface area contributed by atoms with Crippen molar-refractivity contribution >= 4 is 0 Å². The van der Waals surface area contributed by atoms with Crippen LogP contribution in [0.25, 0.3) is 10.4 Å². The molecular weight excluding hydrogens is 188 g/mol. The van der Waals surface area contributed by atoms with Crippen LogP contribution in [0.3, 0.4) is 0 Å². The van der Waals surface area contributed by atoms with Gasteiger partial charge >= 0.3 is 0 Å². The Morgan fingerprint density at radius 3 is 2.60 bits per heavy atom. The highest BCUT2D eigenvalue weighted by Crippen LogP contribution is 2.33. The lowest BCUT2D eigenvalue weighted by Crippen LogP contribution is -2.38. The molecule has 86 valence electrons. The van der Waals surface area contributed by atoms with Gasteiger partial charge in [0, 0.05) is 11.5 Å². The van der Waals surface area contributed by atoms with Crippen molar-refractivity contribution in [1.82, 2.24) is 4.90 Å². The first-order chi connectivity index (χ1) is 7.20. The molecule has 0 radical (unpaired) electrons. The van der Waals surface area contributed by atoms with E-state index in [0.717, 1.165) is 13.0 Å². The molecule has 1 rings (SSSR count). The second kappa shape index (κ2) is 5.99. The fraction of sp³-hybridized carbons (Fsp3) is 1.00. The van der Waals surface area contributed by atoms with Crippen molar-refractivity contribution in [2.45, 2.75) is 39.5 Å². The lowest BCUT2D eigenvalue weighted by atomic mass is 9.78. The van der Waals surface area contributed by atoms with Crippen molar-refractivity contribution in [3.63, 3.8) is 0 Å². The van der Waals surface area contributed by atoms with E-state index in [-0.39, 0.29) is 0 Å².